The Balaban J connectivity index is 2.39. The van der Waals surface area contributed by atoms with Gasteiger partial charge in [-0.3, -0.25) is 19.3 Å². The highest BCUT2D eigenvalue weighted by molar-refractivity contribution is 8.26. The maximum absolute atomic E-state index is 12.8. The molecule has 1 heterocycles. The second-order valence-electron chi connectivity index (χ2n) is 5.98. The molecule has 2 rings (SSSR count). The van der Waals surface area contributed by atoms with Crippen LogP contribution in [0.4, 0.5) is 0 Å². The van der Waals surface area contributed by atoms with Crippen LogP contribution in [0.3, 0.4) is 0 Å². The molecule has 1 fully saturated rings. The maximum Gasteiger partial charge on any atom is 0.320 e. The average Bonchev–Trinajstić information content (AvgIpc) is 2.80. The van der Waals surface area contributed by atoms with E-state index in [2.05, 4.69) is 0 Å². The molecule has 0 aromatic heterocycles. The topological polar surface area (TPSA) is 94.9 Å². The van der Waals surface area contributed by atoms with E-state index in [1.54, 1.807) is 13.0 Å². The first-order chi connectivity index (χ1) is 12.3. The zero-order chi connectivity index (χ0) is 19.4. The number of amides is 1. The summed E-state index contributed by atoms with van der Waals surface area (Å²) in [4.78, 5) is 37.3. The van der Waals surface area contributed by atoms with E-state index in [9.17, 15) is 24.6 Å². The summed E-state index contributed by atoms with van der Waals surface area (Å²) in [5, 5.41) is 18.6. The van der Waals surface area contributed by atoms with Crippen molar-refractivity contribution < 1.29 is 24.6 Å². The highest BCUT2D eigenvalue weighted by atomic mass is 32.2. The van der Waals surface area contributed by atoms with Crippen LogP contribution in [0.25, 0.3) is 6.08 Å². The number of rotatable bonds is 7. The van der Waals surface area contributed by atoms with Crippen LogP contribution in [0.1, 0.15) is 30.9 Å². The van der Waals surface area contributed by atoms with Gasteiger partial charge in [0.15, 0.2) is 5.92 Å². The van der Waals surface area contributed by atoms with Crippen molar-refractivity contribution in [3.05, 3.63) is 40.3 Å². The van der Waals surface area contributed by atoms with Crippen LogP contribution in [0.5, 0.6) is 0 Å². The molecule has 0 radical (unpaired) electrons. The summed E-state index contributed by atoms with van der Waals surface area (Å²) in [6.45, 7) is 3.73. The van der Waals surface area contributed by atoms with Crippen LogP contribution in [-0.4, -0.2) is 43.3 Å². The molecular formula is C18H19NO5S2. The lowest BCUT2D eigenvalue weighted by Gasteiger charge is -2.29. The van der Waals surface area contributed by atoms with E-state index >= 15 is 0 Å². The first-order valence-electron chi connectivity index (χ1n) is 8.05. The molecule has 26 heavy (non-hydrogen) atoms. The minimum Gasteiger partial charge on any atom is -0.481 e. The van der Waals surface area contributed by atoms with Gasteiger partial charge >= 0.3 is 11.9 Å². The van der Waals surface area contributed by atoms with Gasteiger partial charge < -0.3 is 10.2 Å². The van der Waals surface area contributed by atoms with Gasteiger partial charge in [-0.15, -0.1) is 0 Å². The van der Waals surface area contributed by atoms with Gasteiger partial charge in [-0.25, -0.2) is 0 Å². The number of aryl methyl sites for hydroxylation is 1. The molecule has 8 heteroatoms. The fourth-order valence-corrected chi connectivity index (χ4v) is 4.23. The normalized spacial score (nSPS) is 17.2. The second kappa shape index (κ2) is 8.46. The van der Waals surface area contributed by atoms with E-state index in [4.69, 9.17) is 12.2 Å². The van der Waals surface area contributed by atoms with Gasteiger partial charge in [0, 0.05) is 0 Å². The smallest absolute Gasteiger partial charge is 0.320 e. The van der Waals surface area contributed by atoms with E-state index in [0.717, 1.165) is 27.8 Å². The zero-order valence-corrected chi connectivity index (χ0v) is 16.0. The van der Waals surface area contributed by atoms with Crippen molar-refractivity contribution in [1.82, 2.24) is 4.90 Å². The van der Waals surface area contributed by atoms with Crippen molar-refractivity contribution in [2.45, 2.75) is 32.7 Å². The van der Waals surface area contributed by atoms with E-state index in [0.29, 0.717) is 11.3 Å². The first-order valence-corrected chi connectivity index (χ1v) is 9.28. The van der Waals surface area contributed by atoms with Gasteiger partial charge in [-0.1, -0.05) is 67.2 Å². The van der Waals surface area contributed by atoms with Crippen LogP contribution < -0.4 is 0 Å². The third-order valence-corrected chi connectivity index (χ3v) is 5.33. The summed E-state index contributed by atoms with van der Waals surface area (Å²) in [6.07, 6.45) is 2.44. The molecule has 2 N–H and O–H groups in total. The van der Waals surface area contributed by atoms with Crippen molar-refractivity contribution in [2.75, 3.05) is 0 Å². The zero-order valence-electron chi connectivity index (χ0n) is 14.3. The van der Waals surface area contributed by atoms with Gasteiger partial charge in [0.25, 0.3) is 5.91 Å². The predicted octanol–water partition coefficient (Wildman–Crippen LogP) is 3.15. The average molecular weight is 393 g/mol. The van der Waals surface area contributed by atoms with Crippen LogP contribution in [0, 0.1) is 12.8 Å². The molecule has 0 bridgehead atoms. The molecule has 1 unspecified atom stereocenters. The van der Waals surface area contributed by atoms with Crippen LogP contribution in [0.15, 0.2) is 29.2 Å². The molecule has 0 spiro atoms. The van der Waals surface area contributed by atoms with Gasteiger partial charge in [0.05, 0.1) is 10.9 Å². The van der Waals surface area contributed by atoms with Crippen molar-refractivity contribution in [3.8, 4) is 0 Å². The third kappa shape index (κ3) is 4.31. The Kier molecular flexibility index (Phi) is 6.55. The second-order valence-corrected chi connectivity index (χ2v) is 7.65. The Morgan fingerprint density at radius 3 is 2.50 bits per heavy atom. The maximum atomic E-state index is 12.8. The van der Waals surface area contributed by atoms with E-state index < -0.39 is 29.8 Å². The highest BCUT2D eigenvalue weighted by Crippen LogP contribution is 2.36. The quantitative estimate of drug-likeness (QED) is 0.417. The number of carboxylic acid groups (broad SMARTS) is 2. The SMILES string of the molecule is CCCC(C(C(=O)O)C(=O)O)N1C(=O)C(=Cc2cccc(C)c2)SC1=S. The lowest BCUT2D eigenvalue weighted by Crippen LogP contribution is -2.48. The molecule has 1 saturated heterocycles. The summed E-state index contributed by atoms with van der Waals surface area (Å²) in [7, 11) is 0. The van der Waals surface area contributed by atoms with E-state index in [1.165, 1.54) is 0 Å². The Morgan fingerprint density at radius 1 is 1.31 bits per heavy atom. The molecule has 6 nitrogen and oxygen atoms in total. The molecule has 1 atom stereocenters. The summed E-state index contributed by atoms with van der Waals surface area (Å²) in [5.41, 5.74) is 1.86. The molecule has 1 aromatic rings. The number of carbonyl (C=O) groups is 3. The number of benzene rings is 1. The Hall–Kier alpha value is -2.19. The lowest BCUT2D eigenvalue weighted by molar-refractivity contribution is -0.157. The predicted molar refractivity (Wildman–Crippen MR) is 104 cm³/mol. The van der Waals surface area contributed by atoms with Crippen molar-refractivity contribution in [1.29, 1.82) is 0 Å². The van der Waals surface area contributed by atoms with Gasteiger partial charge in [0.1, 0.15) is 4.32 Å². The minimum atomic E-state index is -1.73. The number of aliphatic carboxylic acids is 2. The molecule has 1 aliphatic heterocycles. The molecule has 0 aliphatic carbocycles. The highest BCUT2D eigenvalue weighted by Gasteiger charge is 2.45. The van der Waals surface area contributed by atoms with Crippen molar-refractivity contribution in [2.24, 2.45) is 5.92 Å². The third-order valence-electron chi connectivity index (χ3n) is 4.00. The van der Waals surface area contributed by atoms with Gasteiger partial charge in [0.2, 0.25) is 0 Å². The summed E-state index contributed by atoms with van der Waals surface area (Å²) in [5.74, 6) is -5.14. The first kappa shape index (κ1) is 20.1. The fourth-order valence-electron chi connectivity index (χ4n) is 2.85. The minimum absolute atomic E-state index is 0.180. The van der Waals surface area contributed by atoms with Gasteiger partial charge in [-0.2, -0.15) is 0 Å². The van der Waals surface area contributed by atoms with Crippen molar-refractivity contribution >= 4 is 52.2 Å². The number of carbonyl (C=O) groups excluding carboxylic acids is 1. The summed E-state index contributed by atoms with van der Waals surface area (Å²) >= 11 is 6.32. The number of hydrogen-bond acceptors (Lipinski definition) is 5. The Bertz CT molecular complexity index is 776. The fraction of sp³-hybridized carbons (Fsp3) is 0.333. The summed E-state index contributed by atoms with van der Waals surface area (Å²) in [6, 6.07) is 6.54. The largest absolute Gasteiger partial charge is 0.481 e. The standard InChI is InChI=1S/C18H19NO5S2/c1-3-5-12(14(16(21)22)17(23)24)19-15(20)13(26-18(19)25)9-11-7-4-6-10(2)8-11/h4,6-9,12,14H,3,5H2,1-2H3,(H,21,22)(H,23,24). The molecule has 1 amide bonds. The van der Waals surface area contributed by atoms with E-state index in [1.807, 2.05) is 31.2 Å². The molecule has 138 valence electrons. The molecule has 1 aliphatic rings. The number of nitrogens with zero attached hydrogens (tertiary/aromatic N) is 1. The van der Waals surface area contributed by atoms with Crippen molar-refractivity contribution in [3.63, 3.8) is 0 Å². The van der Waals surface area contributed by atoms with E-state index in [-0.39, 0.29) is 10.7 Å². The van der Waals surface area contributed by atoms with Crippen LogP contribution >= 0.6 is 24.0 Å². The number of thiocarbonyl (C=S) groups is 1. The number of hydrogen-bond donors (Lipinski definition) is 2. The Labute approximate surface area is 160 Å². The lowest BCUT2D eigenvalue weighted by atomic mass is 9.94. The molecule has 0 saturated carbocycles. The van der Waals surface area contributed by atoms with Crippen LogP contribution in [0.2, 0.25) is 0 Å². The Morgan fingerprint density at radius 2 is 1.96 bits per heavy atom. The van der Waals surface area contributed by atoms with Gasteiger partial charge in [-0.05, 0) is 25.0 Å². The number of thioether (sulfide) groups is 1. The monoisotopic (exact) mass is 393 g/mol. The van der Waals surface area contributed by atoms with Crippen LogP contribution in [-0.2, 0) is 14.4 Å². The summed E-state index contributed by atoms with van der Waals surface area (Å²) < 4.78 is 0.180. The number of carboxylic acids is 2. The molecular weight excluding hydrogens is 374 g/mol. The molecule has 1 aromatic carbocycles.